The first-order valence-corrected chi connectivity index (χ1v) is 9.30. The summed E-state index contributed by atoms with van der Waals surface area (Å²) in [6.07, 6.45) is 0.900. The molecule has 154 valence electrons. The molecule has 1 aromatic carbocycles. The van der Waals surface area contributed by atoms with E-state index in [0.717, 1.165) is 11.3 Å². The normalized spacial score (nSPS) is 11.8. The van der Waals surface area contributed by atoms with Gasteiger partial charge >= 0.3 is 0 Å². The van der Waals surface area contributed by atoms with E-state index in [2.05, 4.69) is 10.4 Å². The van der Waals surface area contributed by atoms with Gasteiger partial charge in [-0.2, -0.15) is 4.68 Å². The molecule has 1 unspecified atom stereocenters. The van der Waals surface area contributed by atoms with E-state index in [4.69, 9.17) is 30.8 Å². The number of benzene rings is 1. The average molecular weight is 412 g/mol. The maximum atomic E-state index is 11.9. The molecule has 10 heteroatoms. The lowest BCUT2D eigenvalue weighted by atomic mass is 10.2. The number of quaternary nitrogens is 1. The Kier molecular flexibility index (Phi) is 7.82. The van der Waals surface area contributed by atoms with Crippen molar-refractivity contribution in [3.63, 3.8) is 0 Å². The number of nitrogens with zero attached hydrogens (tertiary/aromatic N) is 2. The first-order chi connectivity index (χ1) is 13.4. The fourth-order valence-electron chi connectivity index (χ4n) is 2.64. The highest BCUT2D eigenvalue weighted by Crippen LogP contribution is 2.40. The second-order valence-electron chi connectivity index (χ2n) is 6.23. The Morgan fingerprint density at radius 3 is 2.43 bits per heavy atom. The highest BCUT2D eigenvalue weighted by atomic mass is 32.1. The van der Waals surface area contributed by atoms with Gasteiger partial charge < -0.3 is 28.8 Å². The number of ether oxygens (including phenoxy) is 3. The van der Waals surface area contributed by atoms with E-state index in [1.165, 1.54) is 21.3 Å². The summed E-state index contributed by atoms with van der Waals surface area (Å²) >= 11 is 5.28. The van der Waals surface area contributed by atoms with Crippen LogP contribution in [0.2, 0.25) is 0 Å². The number of hydrogen-bond donors (Lipinski definition) is 2. The predicted octanol–water partition coefficient (Wildman–Crippen LogP) is 0.897. The summed E-state index contributed by atoms with van der Waals surface area (Å²) in [6, 6.07) is 3.47. The summed E-state index contributed by atoms with van der Waals surface area (Å²) in [7, 11) is 6.51. The molecule has 0 aliphatic rings. The van der Waals surface area contributed by atoms with Gasteiger partial charge in [0.1, 0.15) is 0 Å². The molecule has 0 saturated carbocycles. The van der Waals surface area contributed by atoms with E-state index in [0.29, 0.717) is 48.5 Å². The lowest BCUT2D eigenvalue weighted by Crippen LogP contribution is -3.09. The minimum Gasteiger partial charge on any atom is -0.493 e. The third kappa shape index (κ3) is 5.23. The molecule has 0 aliphatic carbocycles. The Bertz CT molecular complexity index is 839. The zero-order valence-electron chi connectivity index (χ0n) is 16.8. The molecule has 0 radical (unpaired) electrons. The second-order valence-corrected chi connectivity index (χ2v) is 6.58. The summed E-state index contributed by atoms with van der Waals surface area (Å²) in [6.45, 7) is 3.39. The van der Waals surface area contributed by atoms with Gasteiger partial charge in [0.2, 0.25) is 11.6 Å². The van der Waals surface area contributed by atoms with Crippen molar-refractivity contribution >= 4 is 18.1 Å². The van der Waals surface area contributed by atoms with E-state index in [9.17, 15) is 4.79 Å². The largest absolute Gasteiger partial charge is 0.493 e. The minimum absolute atomic E-state index is 0.0146. The van der Waals surface area contributed by atoms with Gasteiger partial charge in [-0.3, -0.25) is 4.79 Å². The topological polar surface area (TPSA) is 92.2 Å². The molecular weight excluding hydrogens is 384 g/mol. The lowest BCUT2D eigenvalue weighted by Gasteiger charge is -2.13. The number of methoxy groups -OCH3 is 3. The van der Waals surface area contributed by atoms with Crippen LogP contribution in [0.1, 0.15) is 13.3 Å². The van der Waals surface area contributed by atoms with Crippen LogP contribution in [0, 0.1) is 4.84 Å². The second kappa shape index (κ2) is 10.1. The van der Waals surface area contributed by atoms with Crippen LogP contribution < -0.4 is 24.4 Å². The van der Waals surface area contributed by atoms with Gasteiger partial charge in [0.15, 0.2) is 24.7 Å². The van der Waals surface area contributed by atoms with Gasteiger partial charge in [0.25, 0.3) is 10.7 Å². The maximum Gasteiger partial charge on any atom is 0.292 e. The van der Waals surface area contributed by atoms with Crippen LogP contribution in [-0.2, 0) is 11.5 Å². The summed E-state index contributed by atoms with van der Waals surface area (Å²) in [4.78, 5) is 13.0. The highest BCUT2D eigenvalue weighted by Gasteiger charge is 2.19. The van der Waals surface area contributed by atoms with Crippen molar-refractivity contribution in [1.82, 2.24) is 15.1 Å². The van der Waals surface area contributed by atoms with Crippen molar-refractivity contribution in [2.75, 3.05) is 41.5 Å². The molecule has 1 aromatic heterocycles. The Labute approximate surface area is 169 Å². The average Bonchev–Trinajstić information content (AvgIpc) is 3.05. The van der Waals surface area contributed by atoms with Crippen LogP contribution in [-0.4, -0.2) is 57.2 Å². The monoisotopic (exact) mass is 411 g/mol. The molecule has 0 bridgehead atoms. The van der Waals surface area contributed by atoms with Gasteiger partial charge in [-0.15, -0.1) is 5.10 Å². The van der Waals surface area contributed by atoms with E-state index in [1.54, 1.807) is 16.8 Å². The first kappa shape index (κ1) is 21.7. The van der Waals surface area contributed by atoms with Gasteiger partial charge in [-0.25, -0.2) is 0 Å². The molecule has 9 nitrogen and oxygen atoms in total. The molecule has 2 N–H and O–H groups in total. The number of nitrogens with one attached hydrogen (secondary N) is 2. The highest BCUT2D eigenvalue weighted by molar-refractivity contribution is 7.71. The van der Waals surface area contributed by atoms with Crippen molar-refractivity contribution in [2.45, 2.75) is 20.0 Å². The molecule has 1 heterocycles. The van der Waals surface area contributed by atoms with Crippen LogP contribution in [0.25, 0.3) is 11.5 Å². The zero-order chi connectivity index (χ0) is 20.7. The fraction of sp³-hybridized carbons (Fsp3) is 0.500. The van der Waals surface area contributed by atoms with Crippen LogP contribution in [0.3, 0.4) is 0 Å². The number of likely N-dealkylation sites (N-methyl/N-ethyl adjacent to an activating group) is 1. The standard InChI is InChI=1S/C18H26N4O5S/c1-6-7-19-15(23)10-21(2)11-22-18(28)27-17(20-22)12-8-13(24-3)16(26-5)14(9-12)25-4/h8-9H,6-7,10-11H2,1-5H3,(H,19,23)/p+1. The number of carbonyl (C=O) groups excluding carboxylic acids is 1. The van der Waals surface area contributed by atoms with Crippen molar-refractivity contribution in [3.8, 4) is 28.7 Å². The molecule has 0 spiro atoms. The number of aromatic nitrogens is 2. The van der Waals surface area contributed by atoms with Crippen LogP contribution >= 0.6 is 12.2 Å². The fourth-order valence-corrected chi connectivity index (χ4v) is 2.82. The molecular formula is C18H27N4O5S+. The van der Waals surface area contributed by atoms with Crippen molar-refractivity contribution in [1.29, 1.82) is 0 Å². The molecule has 2 rings (SSSR count). The van der Waals surface area contributed by atoms with Crippen molar-refractivity contribution < 1.29 is 28.3 Å². The molecule has 0 fully saturated rings. The van der Waals surface area contributed by atoms with E-state index >= 15 is 0 Å². The smallest absolute Gasteiger partial charge is 0.292 e. The minimum atomic E-state index is -0.0146. The van der Waals surface area contributed by atoms with Gasteiger partial charge in [0.05, 0.1) is 28.4 Å². The third-order valence-electron chi connectivity index (χ3n) is 3.97. The van der Waals surface area contributed by atoms with Gasteiger partial charge in [0, 0.05) is 12.1 Å². The number of rotatable bonds is 10. The van der Waals surface area contributed by atoms with E-state index in [1.807, 2.05) is 14.0 Å². The summed E-state index contributed by atoms with van der Waals surface area (Å²) in [5.41, 5.74) is 0.637. The zero-order valence-corrected chi connectivity index (χ0v) is 17.6. The van der Waals surface area contributed by atoms with E-state index < -0.39 is 0 Å². The maximum absolute atomic E-state index is 11.9. The molecule has 2 aromatic rings. The number of hydrogen-bond acceptors (Lipinski definition) is 7. The quantitative estimate of drug-likeness (QED) is 0.561. The molecule has 1 atom stereocenters. The summed E-state index contributed by atoms with van der Waals surface area (Å²) in [5, 5.41) is 7.29. The van der Waals surface area contributed by atoms with Crippen LogP contribution in [0.5, 0.6) is 17.2 Å². The summed E-state index contributed by atoms with van der Waals surface area (Å²) < 4.78 is 23.2. The Morgan fingerprint density at radius 1 is 1.25 bits per heavy atom. The van der Waals surface area contributed by atoms with E-state index in [-0.39, 0.29) is 10.7 Å². The Morgan fingerprint density at radius 2 is 1.89 bits per heavy atom. The number of amides is 1. The molecule has 0 aliphatic heterocycles. The van der Waals surface area contributed by atoms with Crippen molar-refractivity contribution in [2.24, 2.45) is 0 Å². The Balaban J connectivity index is 2.22. The molecule has 0 saturated heterocycles. The molecule has 28 heavy (non-hydrogen) atoms. The lowest BCUT2D eigenvalue weighted by molar-refractivity contribution is -0.895. The molecule has 1 amide bonds. The van der Waals surface area contributed by atoms with Crippen molar-refractivity contribution in [3.05, 3.63) is 17.0 Å². The van der Waals surface area contributed by atoms with Gasteiger partial charge in [-0.05, 0) is 30.8 Å². The third-order valence-corrected chi connectivity index (χ3v) is 4.27. The number of carbonyl (C=O) groups is 1. The summed E-state index contributed by atoms with van der Waals surface area (Å²) in [5.74, 6) is 1.77. The predicted molar refractivity (Wildman–Crippen MR) is 105 cm³/mol. The first-order valence-electron chi connectivity index (χ1n) is 8.89. The SMILES string of the molecule is CCCNC(=O)C[NH+](C)Cn1nc(-c2cc(OC)c(OC)c(OC)c2)oc1=S. The Hall–Kier alpha value is -2.59. The van der Waals surface area contributed by atoms with Gasteiger partial charge in [-0.1, -0.05) is 6.92 Å². The van der Waals surface area contributed by atoms with Crippen LogP contribution in [0.4, 0.5) is 0 Å². The van der Waals surface area contributed by atoms with Crippen LogP contribution in [0.15, 0.2) is 16.5 Å².